The quantitative estimate of drug-likeness (QED) is 0.436. The molecule has 0 spiro atoms. The maximum Gasteiger partial charge on any atom is 0.514 e. The number of carbonyl (C=O) groups is 1. The summed E-state index contributed by atoms with van der Waals surface area (Å²) >= 11 is 0. The number of ether oxygens (including phenoxy) is 2. The summed E-state index contributed by atoms with van der Waals surface area (Å²) in [6, 6.07) is 5.83. The van der Waals surface area contributed by atoms with Gasteiger partial charge in [0.05, 0.1) is 0 Å². The van der Waals surface area contributed by atoms with Crippen LogP contribution < -0.4 is 4.74 Å². The zero-order valence-corrected chi connectivity index (χ0v) is 12.1. The van der Waals surface area contributed by atoms with Crippen LogP contribution in [0.25, 0.3) is 0 Å². The highest BCUT2D eigenvalue weighted by Crippen LogP contribution is 2.16. The second kappa shape index (κ2) is 5.70. The number of carbonyl (C=O) groups excluding carboxylic acids is 1. The van der Waals surface area contributed by atoms with Crippen LogP contribution in [0.15, 0.2) is 24.3 Å². The van der Waals surface area contributed by atoms with Gasteiger partial charge in [-0.3, -0.25) is 0 Å². The van der Waals surface area contributed by atoms with Crippen molar-refractivity contribution in [2.24, 2.45) is 0 Å². The fourth-order valence-electron chi connectivity index (χ4n) is 1.32. The van der Waals surface area contributed by atoms with E-state index in [4.69, 9.17) is 23.9 Å². The minimum absolute atomic E-state index is 0.209. The van der Waals surface area contributed by atoms with Gasteiger partial charge in [-0.2, -0.15) is 0 Å². The molecule has 0 unspecified atom stereocenters. The summed E-state index contributed by atoms with van der Waals surface area (Å²) in [4.78, 5) is 38.3. The van der Waals surface area contributed by atoms with Crippen LogP contribution >= 0.6 is 0 Å². The summed E-state index contributed by atoms with van der Waals surface area (Å²) in [5, 5.41) is 0. The summed E-state index contributed by atoms with van der Waals surface area (Å²) in [5.41, 5.74) is -0.0944. The van der Waals surface area contributed by atoms with Crippen LogP contribution in [-0.4, -0.2) is 34.9 Å². The number of hydrogen-bond donors (Lipinski definition) is 3. The molecule has 0 aliphatic heterocycles. The molecule has 0 atom stereocenters. The third-order valence-electron chi connectivity index (χ3n) is 1.96. The minimum atomic E-state index is -4.11. The first kappa shape index (κ1) is 15.6. The molecule has 106 valence electrons. The maximum absolute atomic E-state index is 11.4. The molecular formula is C12H18O6Si. The molecule has 0 radical (unpaired) electrons. The van der Waals surface area contributed by atoms with Crippen molar-refractivity contribution in [1.29, 1.82) is 0 Å². The van der Waals surface area contributed by atoms with E-state index in [1.54, 1.807) is 20.8 Å². The van der Waals surface area contributed by atoms with Gasteiger partial charge in [0.25, 0.3) is 0 Å². The fraction of sp³-hybridized carbons (Fsp3) is 0.417. The van der Waals surface area contributed by atoms with Gasteiger partial charge < -0.3 is 23.9 Å². The largest absolute Gasteiger partial charge is 0.514 e. The molecule has 1 aromatic rings. The number of rotatable bonds is 3. The van der Waals surface area contributed by atoms with E-state index in [2.05, 4.69) is 0 Å². The Balaban J connectivity index is 2.60. The second-order valence-corrected chi connectivity index (χ2v) is 7.06. The summed E-state index contributed by atoms with van der Waals surface area (Å²) in [7, 11) is -4.11. The molecule has 1 aromatic carbocycles. The van der Waals surface area contributed by atoms with Crippen LogP contribution in [0.2, 0.25) is 0 Å². The molecule has 0 bridgehead atoms. The van der Waals surface area contributed by atoms with Crippen molar-refractivity contribution in [3.8, 4) is 5.75 Å². The molecular weight excluding hydrogens is 268 g/mol. The highest BCUT2D eigenvalue weighted by Gasteiger charge is 2.27. The molecule has 0 saturated heterocycles. The smallest absolute Gasteiger partial charge is 0.428 e. The van der Waals surface area contributed by atoms with Gasteiger partial charge in [0.15, 0.2) is 0 Å². The summed E-state index contributed by atoms with van der Waals surface area (Å²) in [5.74, 6) is 0.277. The van der Waals surface area contributed by atoms with E-state index in [1.165, 1.54) is 24.3 Å². The van der Waals surface area contributed by atoms with Gasteiger partial charge in [-0.25, -0.2) is 4.79 Å². The molecule has 6 nitrogen and oxygen atoms in total. The summed E-state index contributed by atoms with van der Waals surface area (Å²) < 4.78 is 9.92. The standard InChI is InChI=1S/C12H18O6Si/c1-12(2,3)18-11(13)17-10-6-4-9(5-7-10)8-19(14,15)16/h4-7,14-16H,8H2,1-3H3. The van der Waals surface area contributed by atoms with Gasteiger partial charge in [0.2, 0.25) is 0 Å². The Bertz CT molecular complexity index is 429. The van der Waals surface area contributed by atoms with Crippen molar-refractivity contribution in [1.82, 2.24) is 0 Å². The zero-order chi connectivity index (χ0) is 14.7. The Morgan fingerprint density at radius 3 is 2.11 bits per heavy atom. The van der Waals surface area contributed by atoms with Gasteiger partial charge in [0, 0.05) is 6.04 Å². The van der Waals surface area contributed by atoms with Crippen LogP contribution in [0.5, 0.6) is 5.75 Å². The Morgan fingerprint density at radius 2 is 1.68 bits per heavy atom. The van der Waals surface area contributed by atoms with Crippen molar-refractivity contribution in [3.05, 3.63) is 29.8 Å². The van der Waals surface area contributed by atoms with E-state index < -0.39 is 20.6 Å². The fourth-order valence-corrected chi connectivity index (χ4v) is 2.10. The van der Waals surface area contributed by atoms with Gasteiger partial charge in [-0.15, -0.1) is 0 Å². The van der Waals surface area contributed by atoms with Crippen molar-refractivity contribution >= 4 is 15.0 Å². The van der Waals surface area contributed by atoms with Crippen molar-refractivity contribution < 1.29 is 28.7 Å². The molecule has 3 N–H and O–H groups in total. The van der Waals surface area contributed by atoms with E-state index in [0.29, 0.717) is 5.56 Å². The molecule has 0 fully saturated rings. The lowest BCUT2D eigenvalue weighted by Crippen LogP contribution is -2.37. The normalized spacial score (nSPS) is 12.1. The lowest BCUT2D eigenvalue weighted by atomic mass is 10.2. The molecule has 0 amide bonds. The van der Waals surface area contributed by atoms with Crippen LogP contribution in [-0.2, 0) is 10.8 Å². The van der Waals surface area contributed by atoms with E-state index in [9.17, 15) is 4.79 Å². The average Bonchev–Trinajstić information content (AvgIpc) is 2.15. The molecule has 0 aromatic heterocycles. The molecule has 0 aliphatic rings. The Kier molecular flexibility index (Phi) is 4.69. The van der Waals surface area contributed by atoms with Gasteiger partial charge >= 0.3 is 15.0 Å². The molecule has 19 heavy (non-hydrogen) atoms. The SMILES string of the molecule is CC(C)(C)OC(=O)Oc1ccc(C[Si](O)(O)O)cc1. The Morgan fingerprint density at radius 1 is 1.16 bits per heavy atom. The first-order valence-corrected chi connectivity index (χ1v) is 7.77. The predicted molar refractivity (Wildman–Crippen MR) is 69.4 cm³/mol. The third-order valence-corrected chi connectivity index (χ3v) is 2.84. The topological polar surface area (TPSA) is 96.2 Å². The highest BCUT2D eigenvalue weighted by molar-refractivity contribution is 6.55. The lowest BCUT2D eigenvalue weighted by Gasteiger charge is -2.18. The molecule has 0 heterocycles. The van der Waals surface area contributed by atoms with Gasteiger partial charge in [-0.05, 0) is 38.5 Å². The molecule has 0 saturated carbocycles. The molecule has 1 rings (SSSR count). The Hall–Kier alpha value is -1.41. The van der Waals surface area contributed by atoms with E-state index in [0.717, 1.165) is 0 Å². The molecule has 7 heteroatoms. The van der Waals surface area contributed by atoms with Crippen molar-refractivity contribution in [2.75, 3.05) is 0 Å². The highest BCUT2D eigenvalue weighted by atomic mass is 28.4. The van der Waals surface area contributed by atoms with E-state index >= 15 is 0 Å². The first-order valence-electron chi connectivity index (χ1n) is 5.72. The van der Waals surface area contributed by atoms with E-state index in [1.807, 2.05) is 0 Å². The summed E-state index contributed by atoms with van der Waals surface area (Å²) in [6.45, 7) is 5.18. The average molecular weight is 286 g/mol. The van der Waals surface area contributed by atoms with Crippen LogP contribution in [0.4, 0.5) is 4.79 Å². The summed E-state index contributed by atoms with van der Waals surface area (Å²) in [6.07, 6.45) is -0.810. The third kappa shape index (κ3) is 6.92. The molecule has 0 aliphatic carbocycles. The van der Waals surface area contributed by atoms with Gasteiger partial charge in [-0.1, -0.05) is 12.1 Å². The monoisotopic (exact) mass is 286 g/mol. The van der Waals surface area contributed by atoms with Gasteiger partial charge in [0.1, 0.15) is 11.4 Å². The lowest BCUT2D eigenvalue weighted by molar-refractivity contribution is 0.0206. The first-order chi connectivity index (χ1) is 8.55. The van der Waals surface area contributed by atoms with Crippen LogP contribution in [0.3, 0.4) is 0 Å². The zero-order valence-electron chi connectivity index (χ0n) is 11.1. The minimum Gasteiger partial charge on any atom is -0.428 e. The van der Waals surface area contributed by atoms with Crippen LogP contribution in [0.1, 0.15) is 26.3 Å². The maximum atomic E-state index is 11.4. The predicted octanol–water partition coefficient (Wildman–Crippen LogP) is 0.998. The van der Waals surface area contributed by atoms with Crippen LogP contribution in [0, 0.1) is 0 Å². The Labute approximate surface area is 112 Å². The second-order valence-electron chi connectivity index (χ2n) is 5.16. The number of benzene rings is 1. The van der Waals surface area contributed by atoms with E-state index in [-0.39, 0.29) is 11.8 Å². The van der Waals surface area contributed by atoms with Crippen molar-refractivity contribution in [2.45, 2.75) is 32.4 Å². The number of hydrogen-bond acceptors (Lipinski definition) is 6. The van der Waals surface area contributed by atoms with Crippen molar-refractivity contribution in [3.63, 3.8) is 0 Å².